The van der Waals surface area contributed by atoms with Crippen molar-refractivity contribution in [1.82, 2.24) is 10.1 Å². The number of aromatic nitrogens is 1. The van der Waals surface area contributed by atoms with Crippen molar-refractivity contribution in [3.63, 3.8) is 0 Å². The molecule has 7 heteroatoms. The number of anilines is 1. The second kappa shape index (κ2) is 6.68. The molecule has 0 radical (unpaired) electrons. The largest absolute Gasteiger partial charge is 0.495 e. The molecule has 27 heavy (non-hydrogen) atoms. The van der Waals surface area contributed by atoms with Crippen molar-refractivity contribution in [2.45, 2.75) is 13.5 Å². The number of carbonyl (C=O) groups is 1. The first-order chi connectivity index (χ1) is 13.0. The van der Waals surface area contributed by atoms with E-state index >= 15 is 0 Å². The zero-order valence-electron chi connectivity index (χ0n) is 15.3. The van der Waals surface area contributed by atoms with Crippen LogP contribution in [-0.4, -0.2) is 30.2 Å². The molecular weight excluding hydrogens is 346 g/mol. The Bertz CT molecular complexity index is 1130. The van der Waals surface area contributed by atoms with Crippen LogP contribution in [0.4, 0.5) is 10.5 Å². The smallest absolute Gasteiger partial charge is 0.322 e. The number of hydrogen-bond donors (Lipinski definition) is 1. The fraction of sp³-hybridized carbons (Fsp3) is 0.200. The van der Waals surface area contributed by atoms with Crippen molar-refractivity contribution < 1.29 is 18.5 Å². The third-order valence-corrected chi connectivity index (χ3v) is 4.36. The highest BCUT2D eigenvalue weighted by Gasteiger charge is 2.17. The van der Waals surface area contributed by atoms with Gasteiger partial charge in [0.1, 0.15) is 28.4 Å². The van der Waals surface area contributed by atoms with Crippen LogP contribution in [0.2, 0.25) is 0 Å². The summed E-state index contributed by atoms with van der Waals surface area (Å²) in [5.41, 5.74) is 2.70. The van der Waals surface area contributed by atoms with Gasteiger partial charge in [0.2, 0.25) is 0 Å². The Hall–Kier alpha value is -3.48. The Balaban J connectivity index is 1.62. The fourth-order valence-electron chi connectivity index (χ4n) is 3.04. The topological polar surface area (TPSA) is 80.7 Å². The van der Waals surface area contributed by atoms with Crippen molar-refractivity contribution in [2.75, 3.05) is 19.5 Å². The summed E-state index contributed by atoms with van der Waals surface area (Å²) >= 11 is 0. The summed E-state index contributed by atoms with van der Waals surface area (Å²) in [5, 5.41) is 8.72. The van der Waals surface area contributed by atoms with Crippen LogP contribution in [-0.2, 0) is 6.54 Å². The molecule has 0 fully saturated rings. The molecule has 1 N–H and O–H groups in total. The van der Waals surface area contributed by atoms with E-state index in [4.69, 9.17) is 13.7 Å². The molecule has 0 saturated carbocycles. The Morgan fingerprint density at radius 3 is 2.74 bits per heavy atom. The highest BCUT2D eigenvalue weighted by Crippen LogP contribution is 2.36. The molecule has 0 aliphatic rings. The predicted octanol–water partition coefficient (Wildman–Crippen LogP) is 4.55. The van der Waals surface area contributed by atoms with Crippen molar-refractivity contribution in [3.8, 4) is 5.75 Å². The quantitative estimate of drug-likeness (QED) is 0.574. The minimum Gasteiger partial charge on any atom is -0.495 e. The van der Waals surface area contributed by atoms with Gasteiger partial charge in [0.25, 0.3) is 0 Å². The molecule has 2 heterocycles. The molecule has 7 nitrogen and oxygen atoms in total. The normalized spacial score (nSPS) is 11.1. The molecule has 0 aliphatic carbocycles. The zero-order valence-corrected chi connectivity index (χ0v) is 15.3. The summed E-state index contributed by atoms with van der Waals surface area (Å²) in [4.78, 5) is 14.1. The van der Waals surface area contributed by atoms with Crippen LogP contribution in [0, 0.1) is 6.92 Å². The molecule has 0 bridgehead atoms. The number of rotatable bonds is 4. The summed E-state index contributed by atoms with van der Waals surface area (Å²) in [5.74, 6) is 1.27. The van der Waals surface area contributed by atoms with Crippen LogP contribution in [0.3, 0.4) is 0 Å². The number of fused-ring (bicyclic) bond motifs is 3. The second-order valence-corrected chi connectivity index (χ2v) is 6.36. The lowest BCUT2D eigenvalue weighted by Crippen LogP contribution is -2.31. The molecule has 0 spiro atoms. The third-order valence-electron chi connectivity index (χ3n) is 4.36. The van der Waals surface area contributed by atoms with Gasteiger partial charge < -0.3 is 23.9 Å². The van der Waals surface area contributed by atoms with E-state index in [1.165, 1.54) is 4.90 Å². The Kier molecular flexibility index (Phi) is 4.19. The van der Waals surface area contributed by atoms with Gasteiger partial charge in [0, 0.05) is 30.0 Å². The summed E-state index contributed by atoms with van der Waals surface area (Å²) in [7, 11) is 3.26. The number of ether oxygens (including phenoxy) is 1. The molecule has 0 atom stereocenters. The van der Waals surface area contributed by atoms with E-state index in [9.17, 15) is 4.79 Å². The number of nitrogens with zero attached hydrogens (tertiary/aromatic N) is 2. The monoisotopic (exact) mass is 365 g/mol. The first-order valence-corrected chi connectivity index (χ1v) is 8.49. The van der Waals surface area contributed by atoms with E-state index < -0.39 is 0 Å². The minimum absolute atomic E-state index is 0.288. The molecule has 138 valence electrons. The number of hydrogen-bond acceptors (Lipinski definition) is 5. The highest BCUT2D eigenvalue weighted by atomic mass is 16.5. The lowest BCUT2D eigenvalue weighted by Gasteiger charge is -2.17. The van der Waals surface area contributed by atoms with Crippen LogP contribution in [0.5, 0.6) is 5.75 Å². The average Bonchev–Trinajstić information content (AvgIpc) is 3.23. The number of urea groups is 1. The molecule has 2 aromatic heterocycles. The molecule has 0 unspecified atom stereocenters. The molecule has 2 aromatic carbocycles. The SMILES string of the molecule is COc1cc2c(cc1NC(=O)N(C)Cc1cc(C)on1)oc1ccccc12. The van der Waals surface area contributed by atoms with E-state index in [0.717, 1.165) is 16.4 Å². The van der Waals surface area contributed by atoms with Crippen molar-refractivity contribution in [3.05, 3.63) is 53.9 Å². The van der Waals surface area contributed by atoms with Gasteiger partial charge in [0.15, 0.2) is 0 Å². The van der Waals surface area contributed by atoms with E-state index in [2.05, 4.69) is 10.5 Å². The van der Waals surface area contributed by atoms with E-state index in [1.807, 2.05) is 37.3 Å². The van der Waals surface area contributed by atoms with Crippen LogP contribution >= 0.6 is 0 Å². The van der Waals surface area contributed by atoms with Gasteiger partial charge in [-0.25, -0.2) is 4.79 Å². The van der Waals surface area contributed by atoms with Crippen molar-refractivity contribution in [2.24, 2.45) is 0 Å². The molecular formula is C20H19N3O4. The zero-order chi connectivity index (χ0) is 19.0. The molecule has 0 aliphatic heterocycles. The highest BCUT2D eigenvalue weighted by molar-refractivity contribution is 6.07. The second-order valence-electron chi connectivity index (χ2n) is 6.36. The van der Waals surface area contributed by atoms with E-state index in [1.54, 1.807) is 26.3 Å². The van der Waals surface area contributed by atoms with E-state index in [-0.39, 0.29) is 6.03 Å². The van der Waals surface area contributed by atoms with Gasteiger partial charge in [-0.3, -0.25) is 0 Å². The third kappa shape index (κ3) is 3.19. The summed E-state index contributed by atoms with van der Waals surface area (Å²) in [6.07, 6.45) is 0. The van der Waals surface area contributed by atoms with Crippen molar-refractivity contribution in [1.29, 1.82) is 0 Å². The summed E-state index contributed by atoms with van der Waals surface area (Å²) in [6, 6.07) is 12.9. The van der Waals surface area contributed by atoms with Gasteiger partial charge >= 0.3 is 6.03 Å². The summed E-state index contributed by atoms with van der Waals surface area (Å²) < 4.78 is 16.4. The number of para-hydroxylation sites is 1. The van der Waals surface area contributed by atoms with Gasteiger partial charge in [-0.1, -0.05) is 23.4 Å². The minimum atomic E-state index is -0.288. The molecule has 0 saturated heterocycles. The van der Waals surface area contributed by atoms with Crippen LogP contribution in [0.1, 0.15) is 11.5 Å². The lowest BCUT2D eigenvalue weighted by molar-refractivity contribution is 0.219. The van der Waals surface area contributed by atoms with Gasteiger partial charge in [0.05, 0.1) is 19.3 Å². The maximum atomic E-state index is 12.6. The van der Waals surface area contributed by atoms with Crippen LogP contribution in [0.15, 0.2) is 51.4 Å². The van der Waals surface area contributed by atoms with Gasteiger partial charge in [-0.05, 0) is 19.1 Å². The standard InChI is InChI=1S/C20H19N3O4/c1-12-8-13(22-27-12)11-23(2)20(24)21-16-10-18-15(9-19(16)25-3)14-6-4-5-7-17(14)26-18/h4-10H,11H2,1-3H3,(H,21,24). The number of benzene rings is 2. The lowest BCUT2D eigenvalue weighted by atomic mass is 10.1. The molecule has 2 amide bonds. The molecule has 4 aromatic rings. The average molecular weight is 365 g/mol. The summed E-state index contributed by atoms with van der Waals surface area (Å²) in [6.45, 7) is 2.14. The van der Waals surface area contributed by atoms with Crippen LogP contribution < -0.4 is 10.1 Å². The Labute approximate surface area is 155 Å². The maximum Gasteiger partial charge on any atom is 0.322 e. The number of carbonyl (C=O) groups excluding carboxylic acids is 1. The Morgan fingerprint density at radius 2 is 2.00 bits per heavy atom. The first-order valence-electron chi connectivity index (χ1n) is 8.49. The number of nitrogens with one attached hydrogen (secondary N) is 1. The maximum absolute atomic E-state index is 12.6. The first kappa shape index (κ1) is 17.0. The Morgan fingerprint density at radius 1 is 1.19 bits per heavy atom. The van der Waals surface area contributed by atoms with Crippen molar-refractivity contribution >= 4 is 33.7 Å². The number of amides is 2. The molecule has 4 rings (SSSR count). The number of methoxy groups -OCH3 is 1. The number of furan rings is 1. The fourth-order valence-corrected chi connectivity index (χ4v) is 3.04. The van der Waals surface area contributed by atoms with Crippen LogP contribution in [0.25, 0.3) is 21.9 Å². The van der Waals surface area contributed by atoms with Gasteiger partial charge in [-0.2, -0.15) is 0 Å². The van der Waals surface area contributed by atoms with E-state index in [0.29, 0.717) is 35.0 Å². The predicted molar refractivity (Wildman–Crippen MR) is 102 cm³/mol. The number of aryl methyl sites for hydroxylation is 1. The van der Waals surface area contributed by atoms with Gasteiger partial charge in [-0.15, -0.1) is 0 Å².